The minimum Gasteiger partial charge on any atom is -0.548 e. The molecule has 8 heteroatoms. The second kappa shape index (κ2) is 8.26. The van der Waals surface area contributed by atoms with E-state index in [4.69, 9.17) is 13.9 Å². The van der Waals surface area contributed by atoms with E-state index < -0.39 is 18.4 Å². The van der Waals surface area contributed by atoms with Crippen molar-refractivity contribution in [2.45, 2.75) is 0 Å². The monoisotopic (exact) mass is 382 g/mol. The third-order valence-corrected chi connectivity index (χ3v) is 3.94. The van der Waals surface area contributed by atoms with Gasteiger partial charge in [-0.05, 0) is 18.2 Å². The summed E-state index contributed by atoms with van der Waals surface area (Å²) in [5.41, 5.74) is 1.03. The summed E-state index contributed by atoms with van der Waals surface area (Å²) in [5, 5.41) is 12.8. The highest BCUT2D eigenvalue weighted by Gasteiger charge is 2.13. The second-order valence-electron chi connectivity index (χ2n) is 5.77. The van der Waals surface area contributed by atoms with Gasteiger partial charge in [0.15, 0.2) is 6.61 Å². The number of methoxy groups -OCH3 is 1. The molecular formula is C20H16NO7-. The first-order chi connectivity index (χ1) is 13.5. The molecule has 0 bridgehead atoms. The van der Waals surface area contributed by atoms with Crippen LogP contribution >= 0.6 is 0 Å². The number of carbonyl (C=O) groups is 2. The summed E-state index contributed by atoms with van der Waals surface area (Å²) in [7, 11) is 1.52. The van der Waals surface area contributed by atoms with Crippen molar-refractivity contribution in [2.24, 2.45) is 0 Å². The smallest absolute Gasteiger partial charge is 0.258 e. The molecule has 0 radical (unpaired) electrons. The van der Waals surface area contributed by atoms with Crippen molar-refractivity contribution in [3.63, 3.8) is 0 Å². The van der Waals surface area contributed by atoms with Crippen LogP contribution in [-0.2, 0) is 9.59 Å². The Morgan fingerprint density at radius 2 is 1.93 bits per heavy atom. The van der Waals surface area contributed by atoms with Crippen LogP contribution in [0.1, 0.15) is 0 Å². The zero-order valence-corrected chi connectivity index (χ0v) is 14.9. The molecule has 1 heterocycles. The predicted octanol–water partition coefficient (Wildman–Crippen LogP) is 0.713. The van der Waals surface area contributed by atoms with E-state index in [0.29, 0.717) is 28.0 Å². The molecule has 0 spiro atoms. The van der Waals surface area contributed by atoms with Crippen LogP contribution in [0.25, 0.3) is 22.1 Å². The highest BCUT2D eigenvalue weighted by atomic mass is 16.5. The van der Waals surface area contributed by atoms with E-state index in [0.717, 1.165) is 0 Å². The van der Waals surface area contributed by atoms with Gasteiger partial charge in [-0.25, -0.2) is 0 Å². The molecule has 3 aromatic rings. The number of nitrogens with one attached hydrogen (secondary N) is 1. The standard InChI is InChI=1S/C20H17NO7/c1-26-16-5-3-2-4-13(16)15-10-28-17-8-12(6-7-14(17)20(15)25)27-11-18(22)21-9-19(23)24/h2-8,10H,9,11H2,1H3,(H,21,22)(H,23,24)/p-1. The van der Waals surface area contributed by atoms with E-state index >= 15 is 0 Å². The highest BCUT2D eigenvalue weighted by molar-refractivity contribution is 5.84. The Morgan fingerprint density at radius 1 is 1.14 bits per heavy atom. The number of rotatable bonds is 7. The lowest BCUT2D eigenvalue weighted by Crippen LogP contribution is -2.39. The molecule has 0 unspecified atom stereocenters. The Morgan fingerprint density at radius 3 is 2.68 bits per heavy atom. The van der Waals surface area contributed by atoms with E-state index in [2.05, 4.69) is 5.32 Å². The Labute approximate surface area is 159 Å². The normalized spacial score (nSPS) is 10.5. The average molecular weight is 382 g/mol. The SMILES string of the molecule is COc1ccccc1-c1coc2cc(OCC(=O)NCC(=O)[O-])ccc2c1=O. The van der Waals surface area contributed by atoms with E-state index in [1.54, 1.807) is 24.3 Å². The van der Waals surface area contributed by atoms with Gasteiger partial charge in [0.1, 0.15) is 23.3 Å². The maximum absolute atomic E-state index is 12.8. The third kappa shape index (κ3) is 4.12. The molecule has 1 aromatic heterocycles. The van der Waals surface area contributed by atoms with Gasteiger partial charge in [-0.3, -0.25) is 9.59 Å². The minimum atomic E-state index is -1.40. The van der Waals surface area contributed by atoms with Gasteiger partial charge in [0.05, 0.1) is 30.6 Å². The first kappa shape index (κ1) is 19.0. The third-order valence-electron chi connectivity index (χ3n) is 3.94. The average Bonchev–Trinajstić information content (AvgIpc) is 2.71. The summed E-state index contributed by atoms with van der Waals surface area (Å²) in [6.07, 6.45) is 1.35. The first-order valence-electron chi connectivity index (χ1n) is 8.28. The van der Waals surface area contributed by atoms with Gasteiger partial charge in [-0.15, -0.1) is 0 Å². The summed E-state index contributed by atoms with van der Waals surface area (Å²) < 4.78 is 16.2. The fourth-order valence-electron chi connectivity index (χ4n) is 2.62. The molecule has 3 rings (SSSR count). The van der Waals surface area contributed by atoms with Gasteiger partial charge in [-0.2, -0.15) is 0 Å². The van der Waals surface area contributed by atoms with Crippen LogP contribution in [0.3, 0.4) is 0 Å². The molecule has 1 N–H and O–H groups in total. The Hall–Kier alpha value is -3.81. The van der Waals surface area contributed by atoms with Crippen LogP contribution in [0.2, 0.25) is 0 Å². The molecule has 8 nitrogen and oxygen atoms in total. The molecular weight excluding hydrogens is 366 g/mol. The Bertz CT molecular complexity index is 1090. The number of hydrogen-bond donors (Lipinski definition) is 1. The topological polar surface area (TPSA) is 118 Å². The van der Waals surface area contributed by atoms with Crippen LogP contribution in [0.4, 0.5) is 0 Å². The lowest BCUT2D eigenvalue weighted by Gasteiger charge is -2.10. The number of para-hydroxylation sites is 1. The second-order valence-corrected chi connectivity index (χ2v) is 5.77. The molecule has 0 fully saturated rings. The van der Waals surface area contributed by atoms with E-state index in [1.807, 2.05) is 0 Å². The van der Waals surface area contributed by atoms with Crippen molar-refractivity contribution in [3.8, 4) is 22.6 Å². The number of fused-ring (bicyclic) bond motifs is 1. The molecule has 28 heavy (non-hydrogen) atoms. The summed E-state index contributed by atoms with van der Waals surface area (Å²) in [5.74, 6) is -1.16. The fraction of sp³-hybridized carbons (Fsp3) is 0.150. The highest BCUT2D eigenvalue weighted by Crippen LogP contribution is 2.29. The van der Waals surface area contributed by atoms with Crippen molar-refractivity contribution in [1.82, 2.24) is 5.32 Å². The van der Waals surface area contributed by atoms with Gasteiger partial charge in [0.25, 0.3) is 5.91 Å². The fourth-order valence-corrected chi connectivity index (χ4v) is 2.62. The number of aliphatic carboxylic acids is 1. The molecule has 0 saturated heterocycles. The molecule has 2 aromatic carbocycles. The first-order valence-corrected chi connectivity index (χ1v) is 8.28. The summed E-state index contributed by atoms with van der Waals surface area (Å²) in [6, 6.07) is 11.7. The van der Waals surface area contributed by atoms with Crippen LogP contribution in [0.5, 0.6) is 11.5 Å². The molecule has 0 aliphatic rings. The van der Waals surface area contributed by atoms with E-state index in [9.17, 15) is 19.5 Å². The van der Waals surface area contributed by atoms with Crippen molar-refractivity contribution < 1.29 is 28.6 Å². The summed E-state index contributed by atoms with van der Waals surface area (Å²) in [4.78, 5) is 34.6. The maximum Gasteiger partial charge on any atom is 0.258 e. The largest absolute Gasteiger partial charge is 0.548 e. The number of carboxylic acids is 1. The number of carbonyl (C=O) groups excluding carboxylic acids is 2. The zero-order valence-electron chi connectivity index (χ0n) is 14.9. The predicted molar refractivity (Wildman–Crippen MR) is 98.0 cm³/mol. The maximum atomic E-state index is 12.8. The number of amides is 1. The van der Waals surface area contributed by atoms with Gasteiger partial charge in [0.2, 0.25) is 5.43 Å². The van der Waals surface area contributed by atoms with Crippen LogP contribution in [-0.4, -0.2) is 32.1 Å². The minimum absolute atomic E-state index is 0.232. The molecule has 0 saturated carbocycles. The number of ether oxygens (including phenoxy) is 2. The molecule has 0 atom stereocenters. The lowest BCUT2D eigenvalue weighted by atomic mass is 10.0. The summed E-state index contributed by atoms with van der Waals surface area (Å²) >= 11 is 0. The number of benzene rings is 2. The Balaban J connectivity index is 1.84. The van der Waals surface area contributed by atoms with Crippen molar-refractivity contribution in [3.05, 3.63) is 59.0 Å². The van der Waals surface area contributed by atoms with E-state index in [-0.39, 0.29) is 17.6 Å². The van der Waals surface area contributed by atoms with Gasteiger partial charge in [0, 0.05) is 11.6 Å². The number of hydrogen-bond acceptors (Lipinski definition) is 7. The zero-order chi connectivity index (χ0) is 20.1. The summed E-state index contributed by atoms with van der Waals surface area (Å²) in [6.45, 7) is -0.983. The van der Waals surface area contributed by atoms with Crippen LogP contribution in [0.15, 0.2) is 57.9 Å². The Kier molecular flexibility index (Phi) is 5.59. The molecule has 0 aliphatic carbocycles. The van der Waals surface area contributed by atoms with Gasteiger partial charge >= 0.3 is 0 Å². The van der Waals surface area contributed by atoms with Gasteiger partial charge in [-0.1, -0.05) is 18.2 Å². The lowest BCUT2D eigenvalue weighted by molar-refractivity contribution is -0.304. The van der Waals surface area contributed by atoms with Gasteiger partial charge < -0.3 is 29.1 Å². The quantitative estimate of drug-likeness (QED) is 0.639. The van der Waals surface area contributed by atoms with Crippen LogP contribution < -0.4 is 25.3 Å². The molecule has 0 aliphatic heterocycles. The van der Waals surface area contributed by atoms with Crippen molar-refractivity contribution in [1.29, 1.82) is 0 Å². The number of carboxylic acid groups (broad SMARTS) is 1. The van der Waals surface area contributed by atoms with Crippen LogP contribution in [0, 0.1) is 0 Å². The molecule has 144 valence electrons. The van der Waals surface area contributed by atoms with E-state index in [1.165, 1.54) is 31.6 Å². The van der Waals surface area contributed by atoms with Crippen molar-refractivity contribution in [2.75, 3.05) is 20.3 Å². The van der Waals surface area contributed by atoms with Crippen molar-refractivity contribution >= 4 is 22.8 Å². The molecule has 1 amide bonds.